The molecule has 2 aliphatic heterocycles. The van der Waals surface area contributed by atoms with Gasteiger partial charge < -0.3 is 20.5 Å². The van der Waals surface area contributed by atoms with Crippen molar-refractivity contribution in [1.29, 1.82) is 5.41 Å². The van der Waals surface area contributed by atoms with Gasteiger partial charge in [0.15, 0.2) is 5.96 Å². The predicted octanol–water partition coefficient (Wildman–Crippen LogP) is 3.99. The first-order valence-corrected chi connectivity index (χ1v) is 13.1. The molecule has 0 aromatic heterocycles. The normalized spacial score (nSPS) is 25.5. The first-order chi connectivity index (χ1) is 17.6. The molecule has 0 saturated carbocycles. The Hall–Kier alpha value is -3.39. The Morgan fingerprint density at radius 2 is 1.92 bits per heavy atom. The fraction of sp³-hybridized carbons (Fsp3) is 0.483. The minimum absolute atomic E-state index is 0.0918. The molecule has 8 heteroatoms. The lowest BCUT2D eigenvalue weighted by Crippen LogP contribution is -2.63. The molecule has 1 saturated heterocycles. The van der Waals surface area contributed by atoms with E-state index in [9.17, 15) is 14.7 Å². The SMILES string of the molecule is CCC1(CC)CC(=O)N(C2CC(C)(C)Oc3ccc(C(=O)N[C@@H]4c5ccccc5C[C@H]4O)cc32)C(=N)N1. The molecule has 3 aliphatic rings. The average Bonchev–Trinajstić information content (AvgIpc) is 3.17. The number of nitrogens with one attached hydrogen (secondary N) is 3. The highest BCUT2D eigenvalue weighted by Crippen LogP contribution is 2.44. The van der Waals surface area contributed by atoms with E-state index < -0.39 is 29.3 Å². The van der Waals surface area contributed by atoms with Crippen molar-refractivity contribution < 1.29 is 19.4 Å². The van der Waals surface area contributed by atoms with Crippen molar-refractivity contribution in [2.24, 2.45) is 0 Å². The van der Waals surface area contributed by atoms with Gasteiger partial charge in [-0.15, -0.1) is 0 Å². The summed E-state index contributed by atoms with van der Waals surface area (Å²) in [4.78, 5) is 28.3. The molecule has 2 aromatic rings. The third kappa shape index (κ3) is 4.48. The number of hydrogen-bond acceptors (Lipinski definition) is 5. The van der Waals surface area contributed by atoms with Crippen molar-refractivity contribution in [1.82, 2.24) is 15.5 Å². The molecule has 0 radical (unpaired) electrons. The lowest BCUT2D eigenvalue weighted by molar-refractivity contribution is -0.134. The molecule has 2 aromatic carbocycles. The smallest absolute Gasteiger partial charge is 0.251 e. The minimum Gasteiger partial charge on any atom is -0.487 e. The first kappa shape index (κ1) is 25.3. The zero-order valence-corrected chi connectivity index (χ0v) is 21.9. The summed E-state index contributed by atoms with van der Waals surface area (Å²) in [5.74, 6) is 0.296. The van der Waals surface area contributed by atoms with Gasteiger partial charge in [-0.2, -0.15) is 0 Å². The van der Waals surface area contributed by atoms with E-state index >= 15 is 0 Å². The fourth-order valence-corrected chi connectivity index (χ4v) is 6.02. The van der Waals surface area contributed by atoms with E-state index in [2.05, 4.69) is 10.6 Å². The number of carbonyl (C=O) groups is 2. The second-order valence-electron chi connectivity index (χ2n) is 11.2. The zero-order valence-electron chi connectivity index (χ0n) is 21.9. The number of fused-ring (bicyclic) bond motifs is 2. The standard InChI is InChI=1S/C29H36N4O4/c1-5-29(6-2)16-24(35)33(27(30)32-29)21-15-28(3,4)37-23-12-11-18(13-20(21)23)26(36)31-25-19-10-8-7-9-17(19)14-22(25)34/h7-13,21-22,25,34H,5-6,14-16H2,1-4H3,(H2,30,32)(H,31,36)/t21?,22-,25-/m1/s1. The van der Waals surface area contributed by atoms with Gasteiger partial charge in [0.2, 0.25) is 5.91 Å². The van der Waals surface area contributed by atoms with Crippen LogP contribution < -0.4 is 15.4 Å². The molecule has 5 rings (SSSR count). The third-order valence-corrected chi connectivity index (χ3v) is 8.24. The maximum absolute atomic E-state index is 13.5. The van der Waals surface area contributed by atoms with Crippen molar-refractivity contribution >= 4 is 17.8 Å². The highest BCUT2D eigenvalue weighted by Gasteiger charge is 2.46. The van der Waals surface area contributed by atoms with Crippen LogP contribution in [0.15, 0.2) is 42.5 Å². The summed E-state index contributed by atoms with van der Waals surface area (Å²) in [6, 6.07) is 12.1. The van der Waals surface area contributed by atoms with Crippen LogP contribution in [0.4, 0.5) is 0 Å². The Balaban J connectivity index is 1.45. The third-order valence-electron chi connectivity index (χ3n) is 8.24. The van der Waals surface area contributed by atoms with E-state index in [0.717, 1.165) is 24.0 Å². The quantitative estimate of drug-likeness (QED) is 0.492. The molecule has 0 bridgehead atoms. The molecule has 37 heavy (non-hydrogen) atoms. The van der Waals surface area contributed by atoms with Crippen LogP contribution in [0.1, 0.15) is 92.5 Å². The lowest BCUT2D eigenvalue weighted by atomic mass is 9.83. The summed E-state index contributed by atoms with van der Waals surface area (Å²) in [6.07, 6.45) is 2.12. The number of nitrogens with zero attached hydrogens (tertiary/aromatic N) is 1. The van der Waals surface area contributed by atoms with Crippen LogP contribution in [-0.2, 0) is 11.2 Å². The van der Waals surface area contributed by atoms with E-state index in [0.29, 0.717) is 36.1 Å². The Bertz CT molecular complexity index is 1230. The number of aliphatic hydroxyl groups is 1. The second-order valence-corrected chi connectivity index (χ2v) is 11.2. The van der Waals surface area contributed by atoms with Crippen molar-refractivity contribution in [2.45, 2.75) is 89.1 Å². The van der Waals surface area contributed by atoms with E-state index in [4.69, 9.17) is 10.1 Å². The topological polar surface area (TPSA) is 115 Å². The number of rotatable bonds is 5. The second kappa shape index (κ2) is 9.17. The highest BCUT2D eigenvalue weighted by atomic mass is 16.5. The van der Waals surface area contributed by atoms with Gasteiger partial charge in [-0.05, 0) is 56.0 Å². The molecule has 0 spiro atoms. The van der Waals surface area contributed by atoms with Gasteiger partial charge in [-0.1, -0.05) is 38.1 Å². The zero-order chi connectivity index (χ0) is 26.5. The Morgan fingerprint density at radius 1 is 1.19 bits per heavy atom. The number of ether oxygens (including phenoxy) is 1. The monoisotopic (exact) mass is 504 g/mol. The summed E-state index contributed by atoms with van der Waals surface area (Å²) in [5.41, 5.74) is 2.13. The van der Waals surface area contributed by atoms with E-state index in [1.54, 1.807) is 18.2 Å². The molecule has 3 atom stereocenters. The van der Waals surface area contributed by atoms with Gasteiger partial charge in [0.1, 0.15) is 11.4 Å². The van der Waals surface area contributed by atoms with Crippen LogP contribution in [0.5, 0.6) is 5.75 Å². The first-order valence-electron chi connectivity index (χ1n) is 13.1. The van der Waals surface area contributed by atoms with Crippen molar-refractivity contribution in [2.75, 3.05) is 0 Å². The Labute approximate surface area is 217 Å². The van der Waals surface area contributed by atoms with Crippen LogP contribution in [0.3, 0.4) is 0 Å². The maximum Gasteiger partial charge on any atom is 0.251 e. The molecule has 196 valence electrons. The van der Waals surface area contributed by atoms with Gasteiger partial charge in [-0.3, -0.25) is 19.9 Å². The summed E-state index contributed by atoms with van der Waals surface area (Å²) in [6.45, 7) is 8.00. The lowest BCUT2D eigenvalue weighted by Gasteiger charge is -2.48. The predicted molar refractivity (Wildman–Crippen MR) is 141 cm³/mol. The molecular weight excluding hydrogens is 468 g/mol. The number of amides is 2. The van der Waals surface area contributed by atoms with E-state index in [1.165, 1.54) is 4.90 Å². The summed E-state index contributed by atoms with van der Waals surface area (Å²) >= 11 is 0. The van der Waals surface area contributed by atoms with Gasteiger partial charge in [0.05, 0.1) is 24.6 Å². The van der Waals surface area contributed by atoms with Gasteiger partial charge in [-0.25, -0.2) is 0 Å². The number of carbonyl (C=O) groups excluding carboxylic acids is 2. The minimum atomic E-state index is -0.689. The van der Waals surface area contributed by atoms with Crippen LogP contribution in [0.25, 0.3) is 0 Å². The van der Waals surface area contributed by atoms with Gasteiger partial charge >= 0.3 is 0 Å². The fourth-order valence-electron chi connectivity index (χ4n) is 6.02. The highest BCUT2D eigenvalue weighted by molar-refractivity contribution is 6.00. The summed E-state index contributed by atoms with van der Waals surface area (Å²) in [5, 5.41) is 25.7. The molecule has 2 amide bonds. The average molecular weight is 505 g/mol. The van der Waals surface area contributed by atoms with Gasteiger partial charge in [0.25, 0.3) is 5.91 Å². The summed E-state index contributed by atoms with van der Waals surface area (Å²) in [7, 11) is 0. The van der Waals surface area contributed by atoms with E-state index in [1.807, 2.05) is 52.0 Å². The van der Waals surface area contributed by atoms with Crippen LogP contribution in [0, 0.1) is 5.41 Å². The number of hydrogen-bond donors (Lipinski definition) is 4. The maximum atomic E-state index is 13.5. The molecule has 1 unspecified atom stereocenters. The molecule has 1 fully saturated rings. The Morgan fingerprint density at radius 3 is 2.62 bits per heavy atom. The number of guanidine groups is 1. The van der Waals surface area contributed by atoms with E-state index in [-0.39, 0.29) is 17.8 Å². The number of aliphatic hydroxyl groups excluding tert-OH is 1. The van der Waals surface area contributed by atoms with Crippen LogP contribution >= 0.6 is 0 Å². The summed E-state index contributed by atoms with van der Waals surface area (Å²) < 4.78 is 6.23. The van der Waals surface area contributed by atoms with Crippen LogP contribution in [0.2, 0.25) is 0 Å². The number of benzene rings is 2. The largest absolute Gasteiger partial charge is 0.487 e. The molecule has 8 nitrogen and oxygen atoms in total. The molecule has 4 N–H and O–H groups in total. The van der Waals surface area contributed by atoms with Gasteiger partial charge in [0, 0.05) is 29.5 Å². The van der Waals surface area contributed by atoms with Crippen molar-refractivity contribution in [3.63, 3.8) is 0 Å². The molecular formula is C29H36N4O4. The Kier molecular flexibility index (Phi) is 6.26. The molecule has 1 aliphatic carbocycles. The van der Waals surface area contributed by atoms with Crippen molar-refractivity contribution in [3.8, 4) is 5.75 Å². The van der Waals surface area contributed by atoms with Crippen molar-refractivity contribution in [3.05, 3.63) is 64.7 Å². The van der Waals surface area contributed by atoms with Crippen LogP contribution in [-0.4, -0.2) is 45.0 Å². The molecule has 2 heterocycles.